The third-order valence-corrected chi connectivity index (χ3v) is 7.41. The Balaban J connectivity index is 1.31. The maximum absolute atomic E-state index is 13.4. The summed E-state index contributed by atoms with van der Waals surface area (Å²) in [5.74, 6) is 0.155. The van der Waals surface area contributed by atoms with E-state index >= 15 is 0 Å². The van der Waals surface area contributed by atoms with Crippen molar-refractivity contribution < 1.29 is 9.72 Å². The average molecular weight is 432 g/mol. The van der Waals surface area contributed by atoms with Gasteiger partial charge in [-0.15, -0.1) is 0 Å². The molecule has 0 unspecified atom stereocenters. The topological polar surface area (TPSA) is 101 Å². The van der Waals surface area contributed by atoms with Gasteiger partial charge in [0.1, 0.15) is 0 Å². The lowest BCUT2D eigenvalue weighted by Gasteiger charge is -2.42. The number of carbonyl (C=O) groups is 1. The molecule has 8 nitrogen and oxygen atoms in total. The molecule has 2 atom stereocenters. The highest BCUT2D eigenvalue weighted by atomic mass is 16.6. The van der Waals surface area contributed by atoms with Gasteiger partial charge in [-0.25, -0.2) is 0 Å². The van der Waals surface area contributed by atoms with E-state index in [0.717, 1.165) is 35.9 Å². The summed E-state index contributed by atoms with van der Waals surface area (Å²) in [5.41, 5.74) is 4.33. The number of hydrogen-bond donors (Lipinski definition) is 1. The number of nitrogens with zero attached hydrogens (tertiary/aromatic N) is 3. The van der Waals surface area contributed by atoms with E-state index in [0.29, 0.717) is 25.2 Å². The van der Waals surface area contributed by atoms with Gasteiger partial charge in [0.25, 0.3) is 5.91 Å². The highest BCUT2D eigenvalue weighted by Crippen LogP contribution is 2.36. The molecule has 1 fully saturated rings. The minimum absolute atomic E-state index is 0.0173. The van der Waals surface area contributed by atoms with Gasteiger partial charge in [0, 0.05) is 59.5 Å². The summed E-state index contributed by atoms with van der Waals surface area (Å²) in [4.78, 5) is 42.0. The SMILES string of the molecule is O=C(c1ccc2[nH]c3c(c2c1)CCCC3)N1C[C@H]2C[C@@H](C1)c1ccc([N+](=O)[O-])c(=O)n1C2. The second kappa shape index (κ2) is 7.05. The second-order valence-corrected chi connectivity index (χ2v) is 9.37. The van der Waals surface area contributed by atoms with Crippen LogP contribution in [0.4, 0.5) is 5.69 Å². The molecule has 6 rings (SSSR count). The number of likely N-dealkylation sites (tertiary alicyclic amines) is 1. The molecule has 3 aromatic rings. The van der Waals surface area contributed by atoms with Crippen LogP contribution in [0.1, 0.15) is 52.5 Å². The lowest BCUT2D eigenvalue weighted by molar-refractivity contribution is -0.386. The fourth-order valence-corrected chi connectivity index (χ4v) is 5.96. The van der Waals surface area contributed by atoms with Crippen LogP contribution in [0, 0.1) is 16.0 Å². The zero-order chi connectivity index (χ0) is 22.0. The Morgan fingerprint density at radius 3 is 2.78 bits per heavy atom. The van der Waals surface area contributed by atoms with Crippen LogP contribution in [0.2, 0.25) is 0 Å². The van der Waals surface area contributed by atoms with Gasteiger partial charge >= 0.3 is 11.2 Å². The summed E-state index contributed by atoms with van der Waals surface area (Å²) in [6, 6.07) is 8.94. The van der Waals surface area contributed by atoms with Crippen molar-refractivity contribution in [1.29, 1.82) is 0 Å². The summed E-state index contributed by atoms with van der Waals surface area (Å²) in [6.07, 6.45) is 5.41. The van der Waals surface area contributed by atoms with Gasteiger partial charge in [-0.2, -0.15) is 0 Å². The fourth-order valence-electron chi connectivity index (χ4n) is 5.96. The first-order chi connectivity index (χ1) is 15.5. The van der Waals surface area contributed by atoms with Gasteiger partial charge in [0.05, 0.1) is 4.92 Å². The highest BCUT2D eigenvalue weighted by Gasteiger charge is 2.38. The van der Waals surface area contributed by atoms with Crippen LogP contribution >= 0.6 is 0 Å². The molecule has 1 saturated heterocycles. The molecule has 2 bridgehead atoms. The molecule has 1 amide bonds. The minimum atomic E-state index is -0.619. The number of hydrogen-bond acceptors (Lipinski definition) is 4. The lowest BCUT2D eigenvalue weighted by Crippen LogP contribution is -2.49. The predicted octanol–water partition coefficient (Wildman–Crippen LogP) is 3.38. The molecule has 0 radical (unpaired) electrons. The van der Waals surface area contributed by atoms with Gasteiger partial charge in [-0.1, -0.05) is 0 Å². The standard InChI is InChI=1S/C24H24N4O4/c29-23(15-5-6-20-18(10-15)17-3-1-2-4-19(17)25-20)26-11-14-9-16(13-26)21-7-8-22(28(31)32)24(30)27(21)12-14/h5-8,10,14,16,25H,1-4,9,11-13H2/t14-,16+/m1/s1. The average Bonchev–Trinajstić information content (AvgIpc) is 3.17. The molecule has 0 saturated carbocycles. The van der Waals surface area contributed by atoms with E-state index in [-0.39, 0.29) is 23.4 Å². The third-order valence-electron chi connectivity index (χ3n) is 7.41. The zero-order valence-corrected chi connectivity index (χ0v) is 17.7. The van der Waals surface area contributed by atoms with Crippen LogP contribution in [0.5, 0.6) is 0 Å². The van der Waals surface area contributed by atoms with Gasteiger partial charge in [0.2, 0.25) is 0 Å². The summed E-state index contributed by atoms with van der Waals surface area (Å²) in [6.45, 7) is 1.50. The number of amides is 1. The second-order valence-electron chi connectivity index (χ2n) is 9.37. The molecule has 164 valence electrons. The van der Waals surface area contributed by atoms with Crippen LogP contribution < -0.4 is 5.56 Å². The molecule has 2 aliphatic heterocycles. The maximum atomic E-state index is 13.4. The van der Waals surface area contributed by atoms with E-state index in [1.807, 2.05) is 23.1 Å². The van der Waals surface area contributed by atoms with Gasteiger partial charge in [-0.3, -0.25) is 19.7 Å². The number of H-pyrrole nitrogens is 1. The van der Waals surface area contributed by atoms with Crippen molar-refractivity contribution in [3.8, 4) is 0 Å². The normalized spacial score (nSPS) is 21.8. The molecule has 1 N–H and O–H groups in total. The molecule has 2 aromatic heterocycles. The Bertz CT molecular complexity index is 1340. The monoisotopic (exact) mass is 432 g/mol. The molecule has 0 spiro atoms. The fraction of sp³-hybridized carbons (Fsp3) is 0.417. The number of piperidine rings is 1. The number of benzene rings is 1. The van der Waals surface area contributed by atoms with Crippen LogP contribution in [0.3, 0.4) is 0 Å². The number of carbonyl (C=O) groups excluding carboxylic acids is 1. The van der Waals surface area contributed by atoms with Crippen molar-refractivity contribution in [1.82, 2.24) is 14.5 Å². The zero-order valence-electron chi connectivity index (χ0n) is 17.7. The minimum Gasteiger partial charge on any atom is -0.358 e. The third kappa shape index (κ3) is 2.89. The van der Waals surface area contributed by atoms with E-state index in [9.17, 15) is 19.7 Å². The molecular formula is C24H24N4O4. The number of aryl methyl sites for hydroxylation is 2. The number of pyridine rings is 1. The van der Waals surface area contributed by atoms with E-state index in [2.05, 4.69) is 4.98 Å². The van der Waals surface area contributed by atoms with Gasteiger partial charge < -0.3 is 14.5 Å². The van der Waals surface area contributed by atoms with E-state index in [1.54, 1.807) is 10.6 Å². The number of nitro groups is 1. The van der Waals surface area contributed by atoms with Gasteiger partial charge in [0.15, 0.2) is 0 Å². The van der Waals surface area contributed by atoms with Crippen molar-refractivity contribution in [2.24, 2.45) is 5.92 Å². The van der Waals surface area contributed by atoms with E-state index in [4.69, 9.17) is 0 Å². The summed E-state index contributed by atoms with van der Waals surface area (Å²) < 4.78 is 1.55. The number of fused-ring (bicyclic) bond motifs is 7. The van der Waals surface area contributed by atoms with Crippen LogP contribution in [-0.2, 0) is 19.4 Å². The van der Waals surface area contributed by atoms with Crippen molar-refractivity contribution >= 4 is 22.5 Å². The number of rotatable bonds is 2. The van der Waals surface area contributed by atoms with Crippen molar-refractivity contribution in [3.63, 3.8) is 0 Å². The largest absolute Gasteiger partial charge is 0.358 e. The Labute approximate surface area is 184 Å². The smallest absolute Gasteiger partial charge is 0.334 e. The highest BCUT2D eigenvalue weighted by molar-refractivity contribution is 5.99. The molecule has 1 aromatic carbocycles. The summed E-state index contributed by atoms with van der Waals surface area (Å²) in [5, 5.41) is 12.3. The van der Waals surface area contributed by atoms with E-state index in [1.165, 1.54) is 30.2 Å². The Kier molecular flexibility index (Phi) is 4.25. The first-order valence-corrected chi connectivity index (χ1v) is 11.3. The maximum Gasteiger partial charge on any atom is 0.334 e. The Hall–Kier alpha value is -3.42. The molecular weight excluding hydrogens is 408 g/mol. The first kappa shape index (κ1) is 19.3. The Morgan fingerprint density at radius 1 is 1.09 bits per heavy atom. The quantitative estimate of drug-likeness (QED) is 0.495. The number of aromatic nitrogens is 2. The van der Waals surface area contributed by atoms with Crippen molar-refractivity contribution in [2.45, 2.75) is 44.6 Å². The molecule has 1 aliphatic carbocycles. The van der Waals surface area contributed by atoms with Crippen LogP contribution in [-0.4, -0.2) is 38.4 Å². The van der Waals surface area contributed by atoms with Crippen LogP contribution in [0.15, 0.2) is 35.1 Å². The lowest BCUT2D eigenvalue weighted by atomic mass is 9.83. The summed E-state index contributed by atoms with van der Waals surface area (Å²) in [7, 11) is 0. The number of aromatic amines is 1. The molecule has 4 heterocycles. The summed E-state index contributed by atoms with van der Waals surface area (Å²) >= 11 is 0. The van der Waals surface area contributed by atoms with Gasteiger partial charge in [-0.05, 0) is 67.9 Å². The Morgan fingerprint density at radius 2 is 1.94 bits per heavy atom. The molecule has 3 aliphatic rings. The van der Waals surface area contributed by atoms with Crippen LogP contribution in [0.25, 0.3) is 10.9 Å². The first-order valence-electron chi connectivity index (χ1n) is 11.3. The van der Waals surface area contributed by atoms with Crippen molar-refractivity contribution in [2.75, 3.05) is 13.1 Å². The molecule has 32 heavy (non-hydrogen) atoms. The molecule has 8 heteroatoms. The predicted molar refractivity (Wildman–Crippen MR) is 119 cm³/mol. The van der Waals surface area contributed by atoms with Crippen molar-refractivity contribution in [3.05, 3.63) is 73.3 Å². The van der Waals surface area contributed by atoms with E-state index < -0.39 is 10.5 Å². The number of nitrogens with one attached hydrogen (secondary N) is 1.